The van der Waals surface area contributed by atoms with Gasteiger partial charge in [-0.15, -0.1) is 0 Å². The maximum Gasteiger partial charge on any atom is 0.255 e. The Morgan fingerprint density at radius 1 is 1.03 bits per heavy atom. The second kappa shape index (κ2) is 12.3. The first kappa shape index (κ1) is 26.1. The van der Waals surface area contributed by atoms with Gasteiger partial charge in [0.25, 0.3) is 5.91 Å². The highest BCUT2D eigenvalue weighted by Gasteiger charge is 2.39. The van der Waals surface area contributed by atoms with Crippen molar-refractivity contribution < 1.29 is 33.8 Å². The summed E-state index contributed by atoms with van der Waals surface area (Å²) in [5.41, 5.74) is 2.47. The van der Waals surface area contributed by atoms with E-state index < -0.39 is 11.9 Å². The molecule has 0 aliphatic carbocycles. The van der Waals surface area contributed by atoms with Gasteiger partial charge in [0.15, 0.2) is 0 Å². The van der Waals surface area contributed by atoms with Crippen molar-refractivity contribution in [2.75, 3.05) is 64.1 Å². The molecule has 36 heavy (non-hydrogen) atoms. The van der Waals surface area contributed by atoms with Gasteiger partial charge < -0.3 is 29.3 Å². The third-order valence-electron chi connectivity index (χ3n) is 6.79. The van der Waals surface area contributed by atoms with E-state index in [0.29, 0.717) is 84.0 Å². The molecule has 4 rings (SSSR count). The lowest BCUT2D eigenvalue weighted by Gasteiger charge is -2.36. The molecule has 0 spiro atoms. The normalized spacial score (nSPS) is 20.1. The summed E-state index contributed by atoms with van der Waals surface area (Å²) in [5.74, 6) is -0.765. The van der Waals surface area contributed by atoms with Crippen molar-refractivity contribution in [2.24, 2.45) is 0 Å². The lowest BCUT2D eigenvalue weighted by atomic mass is 10.0. The number of piperazine rings is 1. The maximum absolute atomic E-state index is 12.9. The molecule has 3 aliphatic heterocycles. The van der Waals surface area contributed by atoms with Gasteiger partial charge in [-0.2, -0.15) is 0 Å². The van der Waals surface area contributed by atoms with Crippen molar-refractivity contribution in [2.45, 2.75) is 38.3 Å². The molecule has 2 N–H and O–H groups in total. The largest absolute Gasteiger partial charge is 0.394 e. The average molecular weight is 503 g/mol. The number of carbonyl (C=O) groups excluding carboxylic acids is 4. The number of ether oxygens (including phenoxy) is 2. The number of hydrogen-bond acceptors (Lipinski definition) is 8. The molecule has 1 atom stereocenters. The molecular weight excluding hydrogens is 468 g/mol. The molecule has 196 valence electrons. The fourth-order valence-corrected chi connectivity index (χ4v) is 4.84. The number of rotatable bonds is 11. The van der Waals surface area contributed by atoms with Crippen molar-refractivity contribution in [3.05, 3.63) is 29.3 Å². The van der Waals surface area contributed by atoms with Crippen LogP contribution in [0.2, 0.25) is 0 Å². The highest BCUT2D eigenvalue weighted by atomic mass is 16.5. The van der Waals surface area contributed by atoms with E-state index in [4.69, 9.17) is 14.6 Å². The van der Waals surface area contributed by atoms with Gasteiger partial charge in [-0.05, 0) is 36.6 Å². The second-order valence-corrected chi connectivity index (χ2v) is 9.16. The first-order chi connectivity index (χ1) is 17.5. The molecule has 1 aromatic carbocycles. The minimum atomic E-state index is -0.620. The van der Waals surface area contributed by atoms with Crippen LogP contribution in [0.1, 0.15) is 41.6 Å². The number of imide groups is 1. The van der Waals surface area contributed by atoms with Crippen LogP contribution in [-0.4, -0.2) is 104 Å². The van der Waals surface area contributed by atoms with Crippen LogP contribution in [0.15, 0.2) is 18.2 Å². The molecule has 11 heteroatoms. The van der Waals surface area contributed by atoms with Crippen molar-refractivity contribution in [3.8, 4) is 0 Å². The number of benzene rings is 1. The van der Waals surface area contributed by atoms with Gasteiger partial charge in [0.05, 0.1) is 26.4 Å². The Labute approximate surface area is 210 Å². The predicted molar refractivity (Wildman–Crippen MR) is 129 cm³/mol. The third-order valence-corrected chi connectivity index (χ3v) is 6.79. The molecule has 3 aliphatic rings. The predicted octanol–water partition coefficient (Wildman–Crippen LogP) is -0.0981. The van der Waals surface area contributed by atoms with Crippen LogP contribution in [0.3, 0.4) is 0 Å². The number of fused-ring (bicyclic) bond motifs is 1. The van der Waals surface area contributed by atoms with Crippen LogP contribution in [0.25, 0.3) is 0 Å². The molecule has 4 amide bonds. The van der Waals surface area contributed by atoms with Gasteiger partial charge in [0.1, 0.15) is 6.04 Å². The van der Waals surface area contributed by atoms with E-state index in [0.717, 1.165) is 11.3 Å². The first-order valence-corrected chi connectivity index (χ1v) is 12.5. The number of amides is 4. The van der Waals surface area contributed by atoms with E-state index in [9.17, 15) is 19.2 Å². The number of hydrogen-bond donors (Lipinski definition) is 2. The van der Waals surface area contributed by atoms with Crippen molar-refractivity contribution in [1.82, 2.24) is 15.1 Å². The van der Waals surface area contributed by atoms with Crippen molar-refractivity contribution in [1.29, 1.82) is 0 Å². The molecule has 0 radical (unpaired) electrons. The Kier molecular flexibility index (Phi) is 8.89. The minimum Gasteiger partial charge on any atom is -0.394 e. The van der Waals surface area contributed by atoms with Gasteiger partial charge in [0, 0.05) is 63.4 Å². The standard InChI is InChI=1S/C25H34N4O7/c30-11-13-36-15-14-35-12-1-2-23(32)28-9-7-27(8-10-28)19-3-4-20-18(16-19)17-29(25(20)34)21-5-6-22(31)26-24(21)33/h3-4,16,21,30H,1-2,5-15,17H2,(H,26,31,33). The zero-order valence-electron chi connectivity index (χ0n) is 20.4. The molecule has 2 saturated heterocycles. The SMILES string of the molecule is O=C1CCC(N2Cc3cc(N4CCN(C(=O)CCCOCCOCCO)CC4)ccc3C2=O)C(=O)N1. The number of aliphatic hydroxyl groups excluding tert-OH is 1. The highest BCUT2D eigenvalue weighted by Crippen LogP contribution is 2.31. The number of piperidine rings is 1. The molecule has 0 aromatic heterocycles. The van der Waals surface area contributed by atoms with Crippen molar-refractivity contribution in [3.63, 3.8) is 0 Å². The second-order valence-electron chi connectivity index (χ2n) is 9.16. The third kappa shape index (κ3) is 6.21. The van der Waals surface area contributed by atoms with E-state index in [-0.39, 0.29) is 30.7 Å². The number of nitrogens with zero attached hydrogens (tertiary/aromatic N) is 3. The van der Waals surface area contributed by atoms with E-state index in [1.807, 2.05) is 23.1 Å². The van der Waals surface area contributed by atoms with Gasteiger partial charge in [0.2, 0.25) is 17.7 Å². The van der Waals surface area contributed by atoms with E-state index in [1.54, 1.807) is 4.90 Å². The molecule has 1 aromatic rings. The van der Waals surface area contributed by atoms with E-state index >= 15 is 0 Å². The summed E-state index contributed by atoms with van der Waals surface area (Å²) < 4.78 is 10.6. The molecule has 1 unspecified atom stereocenters. The minimum absolute atomic E-state index is 0.00290. The smallest absolute Gasteiger partial charge is 0.255 e. The van der Waals surface area contributed by atoms with Crippen LogP contribution < -0.4 is 10.2 Å². The van der Waals surface area contributed by atoms with E-state index in [2.05, 4.69) is 10.2 Å². The fourth-order valence-electron chi connectivity index (χ4n) is 4.84. The Bertz CT molecular complexity index is 977. The molecule has 0 saturated carbocycles. The highest BCUT2D eigenvalue weighted by molar-refractivity contribution is 6.05. The topological polar surface area (TPSA) is 129 Å². The molecule has 3 heterocycles. The average Bonchev–Trinajstić information content (AvgIpc) is 3.21. The van der Waals surface area contributed by atoms with E-state index in [1.165, 1.54) is 0 Å². The molecular formula is C25H34N4O7. The Balaban J connectivity index is 1.22. The number of nitrogens with one attached hydrogen (secondary N) is 1. The molecule has 0 bridgehead atoms. The maximum atomic E-state index is 12.9. The number of anilines is 1. The van der Waals surface area contributed by atoms with Gasteiger partial charge in [-0.25, -0.2) is 0 Å². The Hall–Kier alpha value is -3.02. The summed E-state index contributed by atoms with van der Waals surface area (Å²) in [6.45, 7) is 4.70. The molecule has 11 nitrogen and oxygen atoms in total. The van der Waals surface area contributed by atoms with Crippen LogP contribution >= 0.6 is 0 Å². The van der Waals surface area contributed by atoms with Crippen molar-refractivity contribution >= 4 is 29.3 Å². The summed E-state index contributed by atoms with van der Waals surface area (Å²) in [4.78, 5) is 54.8. The van der Waals surface area contributed by atoms with Crippen LogP contribution in [0.5, 0.6) is 0 Å². The van der Waals surface area contributed by atoms with Crippen LogP contribution in [0, 0.1) is 0 Å². The summed E-state index contributed by atoms with van der Waals surface area (Å²) in [6.07, 6.45) is 1.67. The summed E-state index contributed by atoms with van der Waals surface area (Å²) in [5, 5.41) is 11.0. The molecule has 2 fully saturated rings. The number of aliphatic hydroxyl groups is 1. The van der Waals surface area contributed by atoms with Gasteiger partial charge in [-0.1, -0.05) is 0 Å². The zero-order valence-corrected chi connectivity index (χ0v) is 20.4. The Morgan fingerprint density at radius 3 is 2.50 bits per heavy atom. The summed E-state index contributed by atoms with van der Waals surface area (Å²) in [6, 6.07) is 5.11. The first-order valence-electron chi connectivity index (χ1n) is 12.5. The summed E-state index contributed by atoms with van der Waals surface area (Å²) >= 11 is 0. The van der Waals surface area contributed by atoms with Gasteiger partial charge in [-0.3, -0.25) is 24.5 Å². The van der Waals surface area contributed by atoms with Crippen LogP contribution in [-0.2, 0) is 30.4 Å². The monoisotopic (exact) mass is 502 g/mol. The number of carbonyl (C=O) groups is 4. The fraction of sp³-hybridized carbons (Fsp3) is 0.600. The zero-order chi connectivity index (χ0) is 25.5. The quantitative estimate of drug-likeness (QED) is 0.317. The van der Waals surface area contributed by atoms with Crippen LogP contribution in [0.4, 0.5) is 5.69 Å². The lowest BCUT2D eigenvalue weighted by Crippen LogP contribution is -2.52. The lowest BCUT2D eigenvalue weighted by molar-refractivity contribution is -0.137. The Morgan fingerprint density at radius 2 is 1.78 bits per heavy atom. The summed E-state index contributed by atoms with van der Waals surface area (Å²) in [7, 11) is 0. The van der Waals surface area contributed by atoms with Gasteiger partial charge >= 0.3 is 0 Å².